The van der Waals surface area contributed by atoms with Crippen molar-refractivity contribution in [1.82, 2.24) is 5.32 Å². The molecule has 0 saturated carbocycles. The zero-order valence-corrected chi connectivity index (χ0v) is 11.9. The second kappa shape index (κ2) is 5.13. The standard InChI is InChI=1S/C16H14ClNO3/c17-12-5-1-4-11(9-12)16-10(7-8-19)3-2-6-13(16)14(20)18-15(16)21/h1-6,9,13,19H,7-8H2,(H,18,20,21). The molecule has 1 saturated heterocycles. The lowest BCUT2D eigenvalue weighted by Gasteiger charge is -2.35. The van der Waals surface area contributed by atoms with Crippen LogP contribution in [0.2, 0.25) is 5.02 Å². The lowest BCUT2D eigenvalue weighted by atomic mass is 9.64. The van der Waals surface area contributed by atoms with Crippen LogP contribution in [0.25, 0.3) is 0 Å². The van der Waals surface area contributed by atoms with E-state index >= 15 is 0 Å². The van der Waals surface area contributed by atoms with Crippen LogP contribution in [-0.4, -0.2) is 23.5 Å². The fourth-order valence-electron chi connectivity index (χ4n) is 3.25. The second-order valence-electron chi connectivity index (χ2n) is 5.16. The van der Waals surface area contributed by atoms with Crippen LogP contribution in [0, 0.1) is 5.92 Å². The van der Waals surface area contributed by atoms with Crippen molar-refractivity contribution in [2.45, 2.75) is 11.8 Å². The molecule has 1 aliphatic heterocycles. The van der Waals surface area contributed by atoms with E-state index < -0.39 is 11.3 Å². The Labute approximate surface area is 127 Å². The number of halogens is 1. The number of carbonyl (C=O) groups excluding carboxylic acids is 2. The molecule has 2 atom stereocenters. The summed E-state index contributed by atoms with van der Waals surface area (Å²) in [6.45, 7) is -0.0871. The van der Waals surface area contributed by atoms with Crippen molar-refractivity contribution in [3.05, 3.63) is 58.7 Å². The third kappa shape index (κ3) is 1.94. The van der Waals surface area contributed by atoms with Crippen LogP contribution in [0.1, 0.15) is 12.0 Å². The number of carbonyl (C=O) groups is 2. The molecular weight excluding hydrogens is 290 g/mol. The van der Waals surface area contributed by atoms with Crippen molar-refractivity contribution in [3.63, 3.8) is 0 Å². The summed E-state index contributed by atoms with van der Waals surface area (Å²) in [7, 11) is 0. The van der Waals surface area contributed by atoms with Crippen LogP contribution in [0.3, 0.4) is 0 Å². The van der Waals surface area contributed by atoms with Gasteiger partial charge < -0.3 is 5.11 Å². The average Bonchev–Trinajstić information content (AvgIpc) is 2.73. The first-order chi connectivity index (χ1) is 10.1. The molecule has 1 aromatic carbocycles. The number of aliphatic hydroxyl groups excluding tert-OH is 1. The molecule has 2 unspecified atom stereocenters. The van der Waals surface area contributed by atoms with Crippen LogP contribution in [0.4, 0.5) is 0 Å². The van der Waals surface area contributed by atoms with Crippen LogP contribution in [-0.2, 0) is 15.0 Å². The van der Waals surface area contributed by atoms with E-state index in [2.05, 4.69) is 5.32 Å². The van der Waals surface area contributed by atoms with E-state index in [1.807, 2.05) is 0 Å². The Morgan fingerprint density at radius 2 is 2.14 bits per heavy atom. The topological polar surface area (TPSA) is 66.4 Å². The molecule has 0 spiro atoms. The number of benzene rings is 1. The van der Waals surface area contributed by atoms with Crippen molar-refractivity contribution in [2.24, 2.45) is 5.92 Å². The minimum Gasteiger partial charge on any atom is -0.396 e. The normalized spacial score (nSPS) is 27.3. The number of allylic oxidation sites excluding steroid dienone is 2. The summed E-state index contributed by atoms with van der Waals surface area (Å²) in [5, 5.41) is 12.2. The van der Waals surface area contributed by atoms with Gasteiger partial charge in [-0.2, -0.15) is 0 Å². The fourth-order valence-corrected chi connectivity index (χ4v) is 3.44. The summed E-state index contributed by atoms with van der Waals surface area (Å²) >= 11 is 6.06. The van der Waals surface area contributed by atoms with Crippen molar-refractivity contribution in [1.29, 1.82) is 0 Å². The van der Waals surface area contributed by atoms with Gasteiger partial charge in [0.25, 0.3) is 0 Å². The molecule has 2 aliphatic rings. The van der Waals surface area contributed by atoms with Gasteiger partial charge >= 0.3 is 0 Å². The Bertz CT molecular complexity index is 680. The smallest absolute Gasteiger partial charge is 0.242 e. The Morgan fingerprint density at radius 3 is 2.86 bits per heavy atom. The van der Waals surface area contributed by atoms with E-state index in [0.29, 0.717) is 17.0 Å². The molecular formula is C16H14ClNO3. The Hall–Kier alpha value is -1.91. The third-order valence-corrected chi connectivity index (χ3v) is 4.35. The molecule has 4 nitrogen and oxygen atoms in total. The average molecular weight is 304 g/mol. The molecule has 0 radical (unpaired) electrons. The lowest BCUT2D eigenvalue weighted by molar-refractivity contribution is -0.126. The van der Waals surface area contributed by atoms with Crippen LogP contribution in [0.5, 0.6) is 0 Å². The summed E-state index contributed by atoms with van der Waals surface area (Å²) in [5.74, 6) is -1.28. The van der Waals surface area contributed by atoms with E-state index in [1.165, 1.54) is 0 Å². The van der Waals surface area contributed by atoms with Crippen LogP contribution >= 0.6 is 11.6 Å². The molecule has 2 N–H and O–H groups in total. The van der Waals surface area contributed by atoms with E-state index in [9.17, 15) is 14.7 Å². The molecule has 0 aromatic heterocycles. The van der Waals surface area contributed by atoms with Gasteiger partial charge in [0.2, 0.25) is 11.8 Å². The van der Waals surface area contributed by atoms with Gasteiger partial charge in [-0.1, -0.05) is 42.0 Å². The molecule has 1 aliphatic carbocycles. The Balaban J connectivity index is 2.25. The monoisotopic (exact) mass is 303 g/mol. The number of fused-ring (bicyclic) bond motifs is 1. The van der Waals surface area contributed by atoms with E-state index in [0.717, 1.165) is 5.57 Å². The van der Waals surface area contributed by atoms with Gasteiger partial charge in [-0.3, -0.25) is 14.9 Å². The maximum atomic E-state index is 12.6. The maximum absolute atomic E-state index is 12.6. The van der Waals surface area contributed by atoms with Crippen LogP contribution < -0.4 is 5.32 Å². The van der Waals surface area contributed by atoms with Gasteiger partial charge in [0.05, 0.1) is 5.92 Å². The van der Waals surface area contributed by atoms with Crippen molar-refractivity contribution in [2.75, 3.05) is 6.61 Å². The summed E-state index contributed by atoms with van der Waals surface area (Å²) in [6.07, 6.45) is 5.61. The first-order valence-electron chi connectivity index (χ1n) is 6.70. The summed E-state index contributed by atoms with van der Waals surface area (Å²) in [6, 6.07) is 6.98. The van der Waals surface area contributed by atoms with Gasteiger partial charge in [-0.15, -0.1) is 0 Å². The summed E-state index contributed by atoms with van der Waals surface area (Å²) < 4.78 is 0. The highest BCUT2D eigenvalue weighted by atomic mass is 35.5. The molecule has 0 bridgehead atoms. The van der Waals surface area contributed by atoms with Crippen molar-refractivity contribution in [3.8, 4) is 0 Å². The second-order valence-corrected chi connectivity index (χ2v) is 5.60. The number of imide groups is 1. The van der Waals surface area contributed by atoms with Crippen LogP contribution in [0.15, 0.2) is 48.1 Å². The molecule has 1 fully saturated rings. The largest absolute Gasteiger partial charge is 0.396 e. The number of hydrogen-bond donors (Lipinski definition) is 2. The van der Waals surface area contributed by atoms with E-state index in [1.54, 1.807) is 42.5 Å². The molecule has 21 heavy (non-hydrogen) atoms. The lowest BCUT2D eigenvalue weighted by Crippen LogP contribution is -2.42. The molecule has 108 valence electrons. The van der Waals surface area contributed by atoms with Crippen molar-refractivity contribution < 1.29 is 14.7 Å². The zero-order chi connectivity index (χ0) is 15.0. The zero-order valence-electron chi connectivity index (χ0n) is 11.2. The number of nitrogens with one attached hydrogen (secondary N) is 1. The highest BCUT2D eigenvalue weighted by Crippen LogP contribution is 2.47. The predicted octanol–water partition coefficient (Wildman–Crippen LogP) is 1.73. The first-order valence-corrected chi connectivity index (χ1v) is 7.08. The molecule has 2 amide bonds. The minimum absolute atomic E-state index is 0.0871. The summed E-state index contributed by atoms with van der Waals surface area (Å²) in [5.41, 5.74) is 0.301. The molecule has 5 heteroatoms. The molecule has 3 rings (SSSR count). The van der Waals surface area contributed by atoms with Gasteiger partial charge in [0, 0.05) is 11.6 Å². The SMILES string of the molecule is O=C1NC(=O)C2(c3cccc(Cl)c3)C(CCO)=CC=CC12. The molecule has 1 heterocycles. The van der Waals surface area contributed by atoms with Crippen molar-refractivity contribution >= 4 is 23.4 Å². The minimum atomic E-state index is -1.10. The Kier molecular flexibility index (Phi) is 3.43. The predicted molar refractivity (Wildman–Crippen MR) is 78.7 cm³/mol. The molecule has 1 aromatic rings. The number of amides is 2. The number of rotatable bonds is 3. The van der Waals surface area contributed by atoms with Gasteiger partial charge in [0.15, 0.2) is 0 Å². The summed E-state index contributed by atoms with van der Waals surface area (Å²) in [4.78, 5) is 24.7. The number of aliphatic hydroxyl groups is 1. The highest BCUT2D eigenvalue weighted by molar-refractivity contribution is 6.30. The van der Waals surface area contributed by atoms with Gasteiger partial charge in [-0.25, -0.2) is 0 Å². The maximum Gasteiger partial charge on any atom is 0.242 e. The quantitative estimate of drug-likeness (QED) is 0.836. The van der Waals surface area contributed by atoms with E-state index in [4.69, 9.17) is 11.6 Å². The Morgan fingerprint density at radius 1 is 1.33 bits per heavy atom. The number of hydrogen-bond acceptors (Lipinski definition) is 3. The van der Waals surface area contributed by atoms with E-state index in [-0.39, 0.29) is 18.4 Å². The highest BCUT2D eigenvalue weighted by Gasteiger charge is 2.57. The first kappa shape index (κ1) is 14.0. The van der Waals surface area contributed by atoms with Gasteiger partial charge in [-0.05, 0) is 29.7 Å². The third-order valence-electron chi connectivity index (χ3n) is 4.11. The fraction of sp³-hybridized carbons (Fsp3) is 0.250. The van der Waals surface area contributed by atoms with Gasteiger partial charge in [0.1, 0.15) is 5.41 Å².